The number of rotatable bonds is 10. The molecule has 1 unspecified atom stereocenters. The number of carbonyl (C=O) groups excluding carboxylic acids is 1. The molecule has 1 atom stereocenters. The molecule has 0 fully saturated rings. The molecule has 0 saturated carbocycles. The zero-order valence-electron chi connectivity index (χ0n) is 21.6. The first-order chi connectivity index (χ1) is 19.5. The van der Waals surface area contributed by atoms with Gasteiger partial charge >= 0.3 is 13.3 Å². The Bertz CT molecular complexity index is 1630. The molecule has 0 spiro atoms. The molecule has 0 aliphatic heterocycles. The van der Waals surface area contributed by atoms with Crippen LogP contribution in [0.2, 0.25) is 0 Å². The van der Waals surface area contributed by atoms with Crippen LogP contribution in [0.5, 0.6) is 0 Å². The van der Waals surface area contributed by atoms with E-state index in [0.29, 0.717) is 16.7 Å². The van der Waals surface area contributed by atoms with Crippen LogP contribution in [-0.4, -0.2) is 15.6 Å². The summed E-state index contributed by atoms with van der Waals surface area (Å²) in [7, 11) is -5.76. The van der Waals surface area contributed by atoms with E-state index in [9.17, 15) is 27.8 Å². The summed E-state index contributed by atoms with van der Waals surface area (Å²) in [6.07, 6.45) is 3.84. The number of halogens is 3. The molecule has 0 amide bonds. The van der Waals surface area contributed by atoms with Crippen LogP contribution in [0.3, 0.4) is 0 Å². The van der Waals surface area contributed by atoms with Crippen LogP contribution in [-0.2, 0) is 22.1 Å². The van der Waals surface area contributed by atoms with Gasteiger partial charge in [0.1, 0.15) is 5.82 Å². The van der Waals surface area contributed by atoms with Gasteiger partial charge in [0.15, 0.2) is 5.78 Å². The predicted octanol–water partition coefficient (Wildman–Crippen LogP) is 7.39. The lowest BCUT2D eigenvalue weighted by Crippen LogP contribution is -2.38. The second-order valence-electron chi connectivity index (χ2n) is 9.58. The van der Waals surface area contributed by atoms with Gasteiger partial charge in [-0.3, -0.25) is 9.36 Å². The van der Waals surface area contributed by atoms with Gasteiger partial charge in [-0.15, -0.1) is 0 Å². The SMILES string of the molecule is N#Cc1ccc(C(C/C=C/c2ccccc2)(Cc2ccc(C(F)(F)P(=O)(O)O)cc2)C(=O)c2ccc(F)cc2)cc1. The maximum atomic E-state index is 14.3. The molecule has 0 radical (unpaired) electrons. The van der Waals surface area contributed by atoms with Crippen LogP contribution >= 0.6 is 7.60 Å². The molecule has 5 nitrogen and oxygen atoms in total. The maximum absolute atomic E-state index is 14.3. The lowest BCUT2D eigenvalue weighted by Gasteiger charge is -2.33. The van der Waals surface area contributed by atoms with Gasteiger partial charge in [-0.2, -0.15) is 14.0 Å². The Kier molecular flexibility index (Phi) is 8.74. The van der Waals surface area contributed by atoms with Crippen molar-refractivity contribution in [1.29, 1.82) is 5.26 Å². The number of nitriles is 1. The van der Waals surface area contributed by atoms with Crippen LogP contribution in [0, 0.1) is 17.1 Å². The fourth-order valence-corrected chi connectivity index (χ4v) is 5.12. The Morgan fingerprint density at radius 2 is 1.44 bits per heavy atom. The Balaban J connectivity index is 1.85. The standard InChI is InChI=1S/C32H25F3NO4P/c33-29-18-12-26(13-19-29)30(37)31(27-14-10-25(22-36)11-15-27,20-4-7-23-5-2-1-3-6-23)21-24-8-16-28(17-9-24)32(34,35)41(38,39)40/h1-19H,20-21H2,(H2,38,39,40)/b7-4+. The van der Waals surface area contributed by atoms with E-state index in [2.05, 4.69) is 0 Å². The quantitative estimate of drug-likeness (QED) is 0.152. The number of carbonyl (C=O) groups is 1. The molecule has 0 saturated heterocycles. The smallest absolute Gasteiger partial charge is 0.320 e. The van der Waals surface area contributed by atoms with Crippen molar-refractivity contribution < 1.29 is 32.3 Å². The number of nitrogens with zero attached hydrogens (tertiary/aromatic N) is 1. The molecule has 0 aliphatic carbocycles. The maximum Gasteiger partial charge on any atom is 0.399 e. The Morgan fingerprint density at radius 3 is 2.00 bits per heavy atom. The molecule has 0 aliphatic rings. The molecular weight excluding hydrogens is 550 g/mol. The van der Waals surface area contributed by atoms with E-state index in [1.807, 2.05) is 48.6 Å². The van der Waals surface area contributed by atoms with Crippen molar-refractivity contribution in [3.05, 3.63) is 148 Å². The lowest BCUT2D eigenvalue weighted by atomic mass is 9.68. The second-order valence-corrected chi connectivity index (χ2v) is 11.2. The lowest BCUT2D eigenvalue weighted by molar-refractivity contribution is 0.0564. The highest BCUT2D eigenvalue weighted by Crippen LogP contribution is 2.59. The molecule has 4 rings (SSSR count). The molecule has 4 aromatic rings. The van der Waals surface area contributed by atoms with E-state index in [1.54, 1.807) is 24.3 Å². The van der Waals surface area contributed by atoms with Gasteiger partial charge in [0.25, 0.3) is 0 Å². The van der Waals surface area contributed by atoms with Crippen molar-refractivity contribution >= 4 is 19.5 Å². The van der Waals surface area contributed by atoms with E-state index in [4.69, 9.17) is 9.79 Å². The minimum atomic E-state index is -5.76. The van der Waals surface area contributed by atoms with Crippen molar-refractivity contribution in [3.8, 4) is 6.07 Å². The molecular formula is C32H25F3NO4P. The number of allylic oxidation sites excluding steroid dienone is 1. The summed E-state index contributed by atoms with van der Waals surface area (Å²) in [5, 5.41) is 9.32. The van der Waals surface area contributed by atoms with E-state index in [0.717, 1.165) is 17.7 Å². The molecule has 2 N–H and O–H groups in total. The fourth-order valence-electron chi connectivity index (χ4n) is 4.64. The van der Waals surface area contributed by atoms with E-state index < -0.39 is 30.1 Å². The van der Waals surface area contributed by atoms with Crippen molar-refractivity contribution in [3.63, 3.8) is 0 Å². The van der Waals surface area contributed by atoms with Crippen LogP contribution in [0.25, 0.3) is 6.08 Å². The zero-order valence-corrected chi connectivity index (χ0v) is 22.5. The third-order valence-electron chi connectivity index (χ3n) is 6.86. The first-order valence-electron chi connectivity index (χ1n) is 12.5. The van der Waals surface area contributed by atoms with Crippen LogP contribution < -0.4 is 0 Å². The number of benzene rings is 4. The third kappa shape index (κ3) is 6.55. The molecule has 0 bridgehead atoms. The van der Waals surface area contributed by atoms with Gasteiger partial charge in [-0.1, -0.05) is 78.9 Å². The fraction of sp³-hybridized carbons (Fsp3) is 0.125. The minimum absolute atomic E-state index is 0.00992. The Morgan fingerprint density at radius 1 is 0.854 bits per heavy atom. The van der Waals surface area contributed by atoms with Crippen LogP contribution in [0.15, 0.2) is 109 Å². The van der Waals surface area contributed by atoms with Gasteiger partial charge in [0, 0.05) is 11.1 Å². The molecule has 4 aromatic carbocycles. The summed E-state index contributed by atoms with van der Waals surface area (Å²) in [5.41, 5.74) is -4.06. The summed E-state index contributed by atoms with van der Waals surface area (Å²) in [4.78, 5) is 32.5. The van der Waals surface area contributed by atoms with Gasteiger partial charge in [0.2, 0.25) is 0 Å². The zero-order chi connectivity index (χ0) is 29.7. The van der Waals surface area contributed by atoms with Crippen molar-refractivity contribution in [2.75, 3.05) is 0 Å². The highest BCUT2D eigenvalue weighted by atomic mass is 31.2. The molecule has 0 heterocycles. The van der Waals surface area contributed by atoms with E-state index in [-0.39, 0.29) is 24.2 Å². The minimum Gasteiger partial charge on any atom is -0.320 e. The third-order valence-corrected chi connectivity index (χ3v) is 7.85. The van der Waals surface area contributed by atoms with Gasteiger partial charge in [-0.25, -0.2) is 4.39 Å². The van der Waals surface area contributed by atoms with Gasteiger partial charge in [0.05, 0.1) is 17.0 Å². The van der Waals surface area contributed by atoms with Gasteiger partial charge in [-0.05, 0) is 65.9 Å². The highest BCUT2D eigenvalue weighted by Gasteiger charge is 2.50. The van der Waals surface area contributed by atoms with Crippen molar-refractivity contribution in [1.82, 2.24) is 0 Å². The van der Waals surface area contributed by atoms with E-state index in [1.165, 1.54) is 36.4 Å². The number of hydrogen-bond acceptors (Lipinski definition) is 3. The van der Waals surface area contributed by atoms with Crippen molar-refractivity contribution in [2.45, 2.75) is 23.9 Å². The predicted molar refractivity (Wildman–Crippen MR) is 150 cm³/mol. The molecule has 9 heteroatoms. The first kappa shape index (κ1) is 29.7. The topological polar surface area (TPSA) is 98.4 Å². The molecule has 41 heavy (non-hydrogen) atoms. The largest absolute Gasteiger partial charge is 0.399 e. The number of ketones is 1. The second kappa shape index (κ2) is 12.1. The number of Topliss-reactive ketones (excluding diaryl/α,β-unsaturated/α-hetero) is 1. The monoisotopic (exact) mass is 575 g/mol. The summed E-state index contributed by atoms with van der Waals surface area (Å²) in [6.45, 7) is 0. The average molecular weight is 576 g/mol. The van der Waals surface area contributed by atoms with Gasteiger partial charge < -0.3 is 9.79 Å². The molecule has 208 valence electrons. The number of alkyl halides is 2. The first-order valence-corrected chi connectivity index (χ1v) is 14.1. The summed E-state index contributed by atoms with van der Waals surface area (Å²) in [6, 6.07) is 27.5. The molecule has 0 aromatic heterocycles. The number of hydrogen-bond donors (Lipinski definition) is 2. The van der Waals surface area contributed by atoms with Crippen molar-refractivity contribution in [2.24, 2.45) is 0 Å². The van der Waals surface area contributed by atoms with E-state index >= 15 is 0 Å². The highest BCUT2D eigenvalue weighted by molar-refractivity contribution is 7.52. The summed E-state index contributed by atoms with van der Waals surface area (Å²) < 4.78 is 53.7. The normalized spacial score (nSPS) is 13.5. The average Bonchev–Trinajstić information content (AvgIpc) is 2.97. The Labute approximate surface area is 235 Å². The summed E-state index contributed by atoms with van der Waals surface area (Å²) in [5.74, 6) is -0.874. The van der Waals surface area contributed by atoms with Crippen LogP contribution in [0.1, 0.15) is 44.6 Å². The Hall–Kier alpha value is -4.28. The summed E-state index contributed by atoms with van der Waals surface area (Å²) >= 11 is 0. The van der Waals surface area contributed by atoms with Crippen LogP contribution in [0.4, 0.5) is 13.2 Å².